The molecule has 0 aliphatic carbocycles. The average Bonchev–Trinajstić information content (AvgIpc) is 2.28. The molecule has 2 atom stereocenters. The minimum atomic E-state index is -0.270. The second-order valence-electron chi connectivity index (χ2n) is 3.92. The molecular formula is C8H12O3. The van der Waals surface area contributed by atoms with Crippen LogP contribution in [-0.2, 0) is 14.3 Å². The zero-order valence-electron chi connectivity index (χ0n) is 6.79. The third-order valence-corrected chi connectivity index (χ3v) is 2.31. The molecule has 0 N–H and O–H groups in total. The van der Waals surface area contributed by atoms with Crippen LogP contribution in [-0.4, -0.2) is 24.8 Å². The molecule has 0 saturated carbocycles. The molecule has 2 heterocycles. The van der Waals surface area contributed by atoms with Gasteiger partial charge in [-0.2, -0.15) is 0 Å². The van der Waals surface area contributed by atoms with Gasteiger partial charge in [0.05, 0.1) is 6.61 Å². The van der Waals surface area contributed by atoms with Crippen molar-refractivity contribution in [3.8, 4) is 0 Å². The van der Waals surface area contributed by atoms with Gasteiger partial charge in [0.1, 0.15) is 6.10 Å². The predicted molar refractivity (Wildman–Crippen MR) is 38.0 cm³/mol. The van der Waals surface area contributed by atoms with Crippen molar-refractivity contribution >= 4 is 5.78 Å². The molecule has 0 radical (unpaired) electrons. The van der Waals surface area contributed by atoms with Crippen molar-refractivity contribution in [2.24, 2.45) is 5.41 Å². The highest BCUT2D eigenvalue weighted by molar-refractivity contribution is 5.84. The van der Waals surface area contributed by atoms with E-state index in [1.165, 1.54) is 0 Å². The number of carbonyl (C=O) groups is 1. The van der Waals surface area contributed by atoms with E-state index in [0.29, 0.717) is 13.0 Å². The molecule has 2 rings (SSSR count). The number of hydrogen-bond acceptors (Lipinski definition) is 3. The first-order valence-electron chi connectivity index (χ1n) is 3.89. The Morgan fingerprint density at radius 3 is 3.00 bits per heavy atom. The van der Waals surface area contributed by atoms with Crippen LogP contribution in [0.4, 0.5) is 0 Å². The second kappa shape index (κ2) is 2.05. The number of carbonyl (C=O) groups excluding carboxylic acids is 1. The molecule has 0 aromatic carbocycles. The lowest BCUT2D eigenvalue weighted by Crippen LogP contribution is -2.40. The minimum Gasteiger partial charge on any atom is -0.349 e. The molecule has 0 aromatic heterocycles. The third kappa shape index (κ3) is 0.993. The van der Waals surface area contributed by atoms with Crippen LogP contribution in [0.2, 0.25) is 0 Å². The molecule has 0 amide bonds. The van der Waals surface area contributed by atoms with E-state index in [1.54, 1.807) is 0 Å². The smallest absolute Gasteiger partial charge is 0.164 e. The Bertz CT molecular complexity index is 198. The topological polar surface area (TPSA) is 35.5 Å². The van der Waals surface area contributed by atoms with E-state index in [2.05, 4.69) is 0 Å². The highest BCUT2D eigenvalue weighted by atomic mass is 16.7. The quantitative estimate of drug-likeness (QED) is 0.518. The summed E-state index contributed by atoms with van der Waals surface area (Å²) in [5.41, 5.74) is -0.135. The Morgan fingerprint density at radius 1 is 1.55 bits per heavy atom. The lowest BCUT2D eigenvalue weighted by atomic mass is 9.84. The Labute approximate surface area is 65.7 Å². The number of fused-ring (bicyclic) bond motifs is 2. The maximum Gasteiger partial charge on any atom is 0.164 e. The monoisotopic (exact) mass is 156 g/mol. The Kier molecular flexibility index (Phi) is 1.35. The number of hydrogen-bond donors (Lipinski definition) is 0. The first-order valence-corrected chi connectivity index (χ1v) is 3.89. The van der Waals surface area contributed by atoms with Gasteiger partial charge in [-0.05, 0) is 0 Å². The summed E-state index contributed by atoms with van der Waals surface area (Å²) >= 11 is 0. The minimum absolute atomic E-state index is 0.135. The van der Waals surface area contributed by atoms with Crippen molar-refractivity contribution in [2.45, 2.75) is 32.7 Å². The molecule has 2 bridgehead atoms. The highest BCUT2D eigenvalue weighted by Crippen LogP contribution is 2.38. The molecule has 3 nitrogen and oxygen atoms in total. The van der Waals surface area contributed by atoms with Crippen molar-refractivity contribution in [2.75, 3.05) is 6.61 Å². The summed E-state index contributed by atoms with van der Waals surface area (Å²) < 4.78 is 10.7. The summed E-state index contributed by atoms with van der Waals surface area (Å²) in [6, 6.07) is 0. The van der Waals surface area contributed by atoms with Gasteiger partial charge in [-0.25, -0.2) is 0 Å². The molecule has 62 valence electrons. The van der Waals surface area contributed by atoms with E-state index in [1.807, 2.05) is 13.8 Å². The molecule has 3 heteroatoms. The number of Topliss-reactive ketones (excluding diaryl/α,β-unsaturated/α-hetero) is 1. The Balaban J connectivity index is 2.24. The standard InChI is InChI=1S/C8H12O3/c1-8(2)3-5(9)6-4-10-7(8)11-6/h6-7H,3-4H2,1-2H3. The lowest BCUT2D eigenvalue weighted by Gasteiger charge is -2.32. The van der Waals surface area contributed by atoms with Crippen LogP contribution in [0, 0.1) is 5.41 Å². The van der Waals surface area contributed by atoms with Crippen LogP contribution in [0.1, 0.15) is 20.3 Å². The molecule has 0 aromatic rings. The van der Waals surface area contributed by atoms with E-state index in [0.717, 1.165) is 0 Å². The zero-order valence-corrected chi connectivity index (χ0v) is 6.79. The largest absolute Gasteiger partial charge is 0.349 e. The molecule has 2 saturated heterocycles. The van der Waals surface area contributed by atoms with Crippen molar-refractivity contribution in [1.29, 1.82) is 0 Å². The van der Waals surface area contributed by atoms with Crippen molar-refractivity contribution in [3.05, 3.63) is 0 Å². The molecule has 0 spiro atoms. The van der Waals surface area contributed by atoms with Gasteiger partial charge < -0.3 is 9.47 Å². The van der Waals surface area contributed by atoms with Crippen LogP contribution in [0.5, 0.6) is 0 Å². The van der Waals surface area contributed by atoms with Gasteiger partial charge >= 0.3 is 0 Å². The van der Waals surface area contributed by atoms with Crippen molar-refractivity contribution < 1.29 is 14.3 Å². The first kappa shape index (κ1) is 7.25. The van der Waals surface area contributed by atoms with Gasteiger partial charge in [0.2, 0.25) is 0 Å². The summed E-state index contributed by atoms with van der Waals surface area (Å²) in [7, 11) is 0. The van der Waals surface area contributed by atoms with E-state index in [4.69, 9.17) is 9.47 Å². The zero-order chi connectivity index (χ0) is 8.06. The summed E-state index contributed by atoms with van der Waals surface area (Å²) in [5.74, 6) is 0.184. The number of ether oxygens (including phenoxy) is 2. The fraction of sp³-hybridized carbons (Fsp3) is 0.875. The van der Waals surface area contributed by atoms with Gasteiger partial charge in [0.25, 0.3) is 0 Å². The van der Waals surface area contributed by atoms with Crippen molar-refractivity contribution in [3.63, 3.8) is 0 Å². The van der Waals surface area contributed by atoms with Gasteiger partial charge in [0, 0.05) is 11.8 Å². The SMILES string of the molecule is CC1(C)CC(=O)C2COC1O2. The average molecular weight is 156 g/mol. The van der Waals surface area contributed by atoms with Crippen LogP contribution in [0.15, 0.2) is 0 Å². The summed E-state index contributed by atoms with van der Waals surface area (Å²) in [4.78, 5) is 11.3. The maximum atomic E-state index is 11.3. The fourth-order valence-corrected chi connectivity index (χ4v) is 1.63. The fourth-order valence-electron chi connectivity index (χ4n) is 1.63. The lowest BCUT2D eigenvalue weighted by molar-refractivity contribution is -0.170. The normalized spacial score (nSPS) is 41.1. The van der Waals surface area contributed by atoms with Gasteiger partial charge in [0.15, 0.2) is 12.1 Å². The van der Waals surface area contributed by atoms with E-state index < -0.39 is 0 Å². The van der Waals surface area contributed by atoms with Crippen LogP contribution in [0.25, 0.3) is 0 Å². The van der Waals surface area contributed by atoms with Gasteiger partial charge in [-0.1, -0.05) is 13.8 Å². The molecule has 2 aliphatic heterocycles. The van der Waals surface area contributed by atoms with Crippen molar-refractivity contribution in [1.82, 2.24) is 0 Å². The number of rotatable bonds is 0. The highest BCUT2D eigenvalue weighted by Gasteiger charge is 2.47. The molecule has 2 unspecified atom stereocenters. The van der Waals surface area contributed by atoms with E-state index >= 15 is 0 Å². The van der Waals surface area contributed by atoms with E-state index in [9.17, 15) is 4.79 Å². The van der Waals surface area contributed by atoms with Crippen LogP contribution in [0.3, 0.4) is 0 Å². The Morgan fingerprint density at radius 2 is 2.27 bits per heavy atom. The predicted octanol–water partition coefficient (Wildman–Crippen LogP) is 0.727. The second-order valence-corrected chi connectivity index (χ2v) is 3.92. The first-order chi connectivity index (χ1) is 5.09. The Hall–Kier alpha value is -0.410. The number of ketones is 1. The molecule has 2 aliphatic rings. The summed E-state index contributed by atoms with van der Waals surface area (Å²) in [6.45, 7) is 4.45. The molecule has 2 fully saturated rings. The molecule has 11 heavy (non-hydrogen) atoms. The summed E-state index contributed by atoms with van der Waals surface area (Å²) in [5, 5.41) is 0. The maximum absolute atomic E-state index is 11.3. The third-order valence-electron chi connectivity index (χ3n) is 2.31. The summed E-state index contributed by atoms with van der Waals surface area (Å²) in [6.07, 6.45) is 0.153. The molecular weight excluding hydrogens is 144 g/mol. The van der Waals surface area contributed by atoms with Gasteiger partial charge in [-0.15, -0.1) is 0 Å². The van der Waals surface area contributed by atoms with E-state index in [-0.39, 0.29) is 23.6 Å². The van der Waals surface area contributed by atoms with Crippen LogP contribution >= 0.6 is 0 Å². The van der Waals surface area contributed by atoms with Gasteiger partial charge in [-0.3, -0.25) is 4.79 Å². The van der Waals surface area contributed by atoms with Crippen LogP contribution < -0.4 is 0 Å².